The molecule has 1 fully saturated rings. The molecule has 0 amide bonds. The molecule has 0 saturated carbocycles. The van der Waals surface area contributed by atoms with Gasteiger partial charge in [-0.1, -0.05) is 56.2 Å². The maximum Gasteiger partial charge on any atom is 0.197 e. The maximum absolute atomic E-state index is 11.2. The van der Waals surface area contributed by atoms with Gasteiger partial charge in [0.2, 0.25) is 0 Å². The number of aliphatic hydroxyl groups is 1. The standard InChI is InChI=1S/C34H38N4O4/c1-5-6-11-19(39)18-36(3)25-16-26-37-23-14-9-7-12-20(23)28-29-22(17-35-33(29)40)27-21-13-8-10-15-24(21)38(31(27)30(28)37)34(2,42-26)32(25)41-4/h7-10,12-15,17,19,25-26,32,35,39-40H,5-6,11,16,18H2,1-4H3/t19?,25-,26-,32-,34+/m0/s1. The van der Waals surface area contributed by atoms with Gasteiger partial charge in [0.25, 0.3) is 0 Å². The Labute approximate surface area is 244 Å². The van der Waals surface area contributed by atoms with Gasteiger partial charge in [0.05, 0.1) is 33.6 Å². The lowest BCUT2D eigenvalue weighted by molar-refractivity contribution is -0.268. The molecule has 8 nitrogen and oxygen atoms in total. The van der Waals surface area contributed by atoms with Gasteiger partial charge in [-0.15, -0.1) is 0 Å². The number of aromatic nitrogens is 3. The average molecular weight is 567 g/mol. The fraction of sp³-hybridized carbons (Fsp3) is 0.412. The molecule has 1 unspecified atom stereocenters. The number of ether oxygens (including phenoxy) is 2. The van der Waals surface area contributed by atoms with Crippen molar-refractivity contribution in [3.05, 3.63) is 54.7 Å². The summed E-state index contributed by atoms with van der Waals surface area (Å²) in [4.78, 5) is 5.41. The van der Waals surface area contributed by atoms with Gasteiger partial charge in [0.1, 0.15) is 12.3 Å². The molecule has 2 aliphatic rings. The summed E-state index contributed by atoms with van der Waals surface area (Å²) >= 11 is 0. The number of hydrogen-bond donors (Lipinski definition) is 3. The van der Waals surface area contributed by atoms with Gasteiger partial charge in [0.15, 0.2) is 11.6 Å². The second kappa shape index (κ2) is 9.22. The third-order valence-electron chi connectivity index (χ3n) is 10.0. The van der Waals surface area contributed by atoms with Crippen molar-refractivity contribution in [2.75, 3.05) is 20.7 Å². The van der Waals surface area contributed by atoms with Gasteiger partial charge in [0, 0.05) is 59.2 Å². The molecule has 1 saturated heterocycles. The lowest BCUT2D eigenvalue weighted by Crippen LogP contribution is -2.61. The number of hydrogen-bond acceptors (Lipinski definition) is 5. The highest BCUT2D eigenvalue weighted by Crippen LogP contribution is 2.55. The summed E-state index contributed by atoms with van der Waals surface area (Å²) in [5.41, 5.74) is 3.45. The first-order valence-electron chi connectivity index (χ1n) is 15.2. The number of fused-ring (bicyclic) bond motifs is 13. The monoisotopic (exact) mass is 566 g/mol. The molecule has 6 aromatic rings. The van der Waals surface area contributed by atoms with E-state index in [-0.39, 0.29) is 24.3 Å². The molecule has 0 spiro atoms. The van der Waals surface area contributed by atoms with Crippen LogP contribution in [0.4, 0.5) is 0 Å². The number of nitrogens with zero attached hydrogens (tertiary/aromatic N) is 3. The van der Waals surface area contributed by atoms with Crippen molar-refractivity contribution in [2.24, 2.45) is 0 Å². The first-order chi connectivity index (χ1) is 20.4. The van der Waals surface area contributed by atoms with Crippen LogP contribution >= 0.6 is 0 Å². The fourth-order valence-electron chi connectivity index (χ4n) is 8.31. The summed E-state index contributed by atoms with van der Waals surface area (Å²) in [7, 11) is 3.88. The van der Waals surface area contributed by atoms with Gasteiger partial charge < -0.3 is 33.8 Å². The number of benzene rings is 3. The van der Waals surface area contributed by atoms with Gasteiger partial charge in [-0.25, -0.2) is 0 Å². The van der Waals surface area contributed by atoms with Crippen molar-refractivity contribution in [3.8, 4) is 5.88 Å². The van der Waals surface area contributed by atoms with E-state index in [0.717, 1.165) is 73.6 Å². The highest BCUT2D eigenvalue weighted by atomic mass is 16.6. The van der Waals surface area contributed by atoms with Crippen molar-refractivity contribution in [1.82, 2.24) is 19.0 Å². The SMILES string of the molecule is CCCCC(O)CN(C)[C@H]1C[C@@H]2O[C@](C)([C@H]1OC)n1c3ccccc3c3c4c[nH]c(O)c4c4c5ccccc5n2c4c31. The van der Waals surface area contributed by atoms with Crippen LogP contribution in [0.1, 0.15) is 45.8 Å². The minimum Gasteiger partial charge on any atom is -0.494 e. The summed E-state index contributed by atoms with van der Waals surface area (Å²) in [5, 5.41) is 28.3. The van der Waals surface area contributed by atoms with Crippen molar-refractivity contribution < 1.29 is 19.7 Å². The molecule has 3 aromatic carbocycles. The first-order valence-corrected chi connectivity index (χ1v) is 15.2. The molecule has 8 heteroatoms. The molecule has 2 aliphatic heterocycles. The molecule has 0 aliphatic carbocycles. The molecule has 3 aromatic heterocycles. The highest BCUT2D eigenvalue weighted by Gasteiger charge is 2.54. The Balaban J connectivity index is 1.49. The van der Waals surface area contributed by atoms with Crippen LogP contribution in [0.25, 0.3) is 54.4 Å². The second-order valence-corrected chi connectivity index (χ2v) is 12.4. The second-order valence-electron chi connectivity index (χ2n) is 12.4. The summed E-state index contributed by atoms with van der Waals surface area (Å²) in [6, 6.07) is 16.9. The minimum atomic E-state index is -0.856. The third-order valence-corrected chi connectivity index (χ3v) is 10.0. The fourth-order valence-corrected chi connectivity index (χ4v) is 8.31. The van der Waals surface area contributed by atoms with E-state index < -0.39 is 11.8 Å². The van der Waals surface area contributed by atoms with E-state index in [0.29, 0.717) is 13.0 Å². The zero-order chi connectivity index (χ0) is 28.9. The van der Waals surface area contributed by atoms with Crippen LogP contribution in [-0.4, -0.2) is 68.2 Å². The van der Waals surface area contributed by atoms with E-state index in [1.165, 1.54) is 0 Å². The van der Waals surface area contributed by atoms with Gasteiger partial charge >= 0.3 is 0 Å². The molecule has 5 heterocycles. The number of aromatic amines is 1. The average Bonchev–Trinajstić information content (AvgIpc) is 3.63. The number of rotatable bonds is 7. The number of aliphatic hydroxyl groups excluding tert-OH is 1. The summed E-state index contributed by atoms with van der Waals surface area (Å²) in [6.07, 6.45) is 4.49. The number of unbranched alkanes of at least 4 members (excludes halogenated alkanes) is 1. The summed E-state index contributed by atoms with van der Waals surface area (Å²) < 4.78 is 18.4. The Bertz CT molecular complexity index is 2000. The van der Waals surface area contributed by atoms with Crippen molar-refractivity contribution in [3.63, 3.8) is 0 Å². The van der Waals surface area contributed by atoms with Crippen molar-refractivity contribution in [2.45, 2.75) is 69.7 Å². The number of para-hydroxylation sites is 2. The molecule has 218 valence electrons. The van der Waals surface area contributed by atoms with Crippen LogP contribution in [0.3, 0.4) is 0 Å². The number of aromatic hydroxyl groups is 1. The number of likely N-dealkylation sites (N-methyl/N-ethyl adjacent to an activating group) is 1. The van der Waals surface area contributed by atoms with E-state index in [4.69, 9.17) is 9.47 Å². The van der Waals surface area contributed by atoms with E-state index in [1.54, 1.807) is 7.11 Å². The van der Waals surface area contributed by atoms with Crippen LogP contribution < -0.4 is 0 Å². The predicted octanol–water partition coefficient (Wildman–Crippen LogP) is 6.56. The van der Waals surface area contributed by atoms with E-state index in [1.807, 2.05) is 6.20 Å². The number of H-pyrrole nitrogens is 1. The van der Waals surface area contributed by atoms with E-state index >= 15 is 0 Å². The van der Waals surface area contributed by atoms with Crippen LogP contribution in [0.2, 0.25) is 0 Å². The van der Waals surface area contributed by atoms with Crippen molar-refractivity contribution in [1.29, 1.82) is 0 Å². The Morgan fingerprint density at radius 3 is 2.50 bits per heavy atom. The number of nitrogens with one attached hydrogen (secondary N) is 1. The Morgan fingerprint density at radius 2 is 1.76 bits per heavy atom. The van der Waals surface area contributed by atoms with Gasteiger partial charge in [-0.2, -0.15) is 0 Å². The van der Waals surface area contributed by atoms with E-state index in [2.05, 4.69) is 88.4 Å². The van der Waals surface area contributed by atoms with Crippen LogP contribution in [0, 0.1) is 0 Å². The third kappa shape index (κ3) is 3.26. The molecular formula is C34H38N4O4. The van der Waals surface area contributed by atoms with Crippen molar-refractivity contribution >= 4 is 54.4 Å². The Kier molecular flexibility index (Phi) is 5.73. The van der Waals surface area contributed by atoms with Crippen LogP contribution in [-0.2, 0) is 15.2 Å². The lowest BCUT2D eigenvalue weighted by atomic mass is 9.91. The maximum atomic E-state index is 11.2. The minimum absolute atomic E-state index is 0.0168. The van der Waals surface area contributed by atoms with Crippen LogP contribution in [0.5, 0.6) is 5.88 Å². The molecule has 3 N–H and O–H groups in total. The zero-order valence-corrected chi connectivity index (χ0v) is 24.6. The molecule has 2 bridgehead atoms. The predicted molar refractivity (Wildman–Crippen MR) is 167 cm³/mol. The molecule has 8 rings (SSSR count). The highest BCUT2D eigenvalue weighted by molar-refractivity contribution is 6.36. The molecular weight excluding hydrogens is 528 g/mol. The molecule has 0 radical (unpaired) electrons. The summed E-state index contributed by atoms with van der Waals surface area (Å²) in [5.74, 6) is 0.180. The zero-order valence-electron chi connectivity index (χ0n) is 24.6. The molecule has 42 heavy (non-hydrogen) atoms. The largest absolute Gasteiger partial charge is 0.494 e. The Morgan fingerprint density at radius 1 is 1.05 bits per heavy atom. The smallest absolute Gasteiger partial charge is 0.197 e. The van der Waals surface area contributed by atoms with Gasteiger partial charge in [-0.05, 0) is 32.5 Å². The lowest BCUT2D eigenvalue weighted by Gasteiger charge is -2.51. The molecule has 5 atom stereocenters. The number of methoxy groups -OCH3 is 1. The first kappa shape index (κ1) is 26.1. The van der Waals surface area contributed by atoms with Gasteiger partial charge in [-0.3, -0.25) is 4.90 Å². The summed E-state index contributed by atoms with van der Waals surface area (Å²) in [6.45, 7) is 4.89. The normalized spacial score (nSPS) is 24.7. The van der Waals surface area contributed by atoms with Crippen LogP contribution in [0.15, 0.2) is 54.7 Å². The topological polar surface area (TPSA) is 87.8 Å². The Hall–Kier alpha value is -3.56. The van der Waals surface area contributed by atoms with E-state index in [9.17, 15) is 10.2 Å². The quantitative estimate of drug-likeness (QED) is 0.204.